The van der Waals surface area contributed by atoms with Gasteiger partial charge in [-0.3, -0.25) is 19.7 Å². The first kappa shape index (κ1) is 20.3. The van der Waals surface area contributed by atoms with Gasteiger partial charge in [0.2, 0.25) is 0 Å². The summed E-state index contributed by atoms with van der Waals surface area (Å²) < 4.78 is 5.28. The Kier molecular flexibility index (Phi) is 6.76. The minimum atomic E-state index is -0.622. The van der Waals surface area contributed by atoms with Crippen molar-refractivity contribution in [2.24, 2.45) is 0 Å². The minimum Gasteiger partial charge on any atom is -0.456 e. The van der Waals surface area contributed by atoms with Gasteiger partial charge in [0.15, 0.2) is 12.4 Å². The molecular weight excluding hydrogens is 390 g/mol. The number of hydrogen-bond donors (Lipinski definition) is 0. The van der Waals surface area contributed by atoms with E-state index in [4.69, 9.17) is 4.74 Å². The zero-order chi connectivity index (χ0) is 20.6. The molecule has 0 fully saturated rings. The quantitative estimate of drug-likeness (QED) is 0.174. The highest BCUT2D eigenvalue weighted by atomic mass is 32.2. The minimum absolute atomic E-state index is 0.109. The monoisotopic (exact) mass is 407 g/mol. The molecule has 0 unspecified atom stereocenters. The molecule has 7 heteroatoms. The highest BCUT2D eigenvalue weighted by Crippen LogP contribution is 2.36. The first-order valence-corrected chi connectivity index (χ1v) is 9.63. The number of benzene rings is 3. The molecule has 0 aliphatic carbocycles. The fraction of sp³-hybridized carbons (Fsp3) is 0.0909. The lowest BCUT2D eigenvalue weighted by molar-refractivity contribution is -0.384. The van der Waals surface area contributed by atoms with Gasteiger partial charge in [-0.25, -0.2) is 0 Å². The van der Waals surface area contributed by atoms with E-state index in [1.807, 2.05) is 60.7 Å². The predicted molar refractivity (Wildman–Crippen MR) is 110 cm³/mol. The van der Waals surface area contributed by atoms with Crippen LogP contribution in [0.4, 0.5) is 5.69 Å². The molecule has 29 heavy (non-hydrogen) atoms. The summed E-state index contributed by atoms with van der Waals surface area (Å²) in [5, 5.41) is 10.1. The van der Waals surface area contributed by atoms with Gasteiger partial charge >= 0.3 is 5.97 Å². The summed E-state index contributed by atoms with van der Waals surface area (Å²) in [7, 11) is 0. The van der Waals surface area contributed by atoms with Crippen molar-refractivity contribution in [2.75, 3.05) is 6.61 Å². The molecule has 0 aliphatic heterocycles. The van der Waals surface area contributed by atoms with Gasteiger partial charge in [0.1, 0.15) is 5.25 Å². The van der Waals surface area contributed by atoms with Crippen LogP contribution < -0.4 is 0 Å². The topological polar surface area (TPSA) is 86.5 Å². The number of ketones is 1. The molecule has 1 atom stereocenters. The molecule has 3 aromatic carbocycles. The third kappa shape index (κ3) is 5.52. The van der Waals surface area contributed by atoms with Crippen LogP contribution >= 0.6 is 11.8 Å². The number of esters is 1. The Bertz CT molecular complexity index is 991. The third-order valence-electron chi connectivity index (χ3n) is 4.06. The van der Waals surface area contributed by atoms with Crippen molar-refractivity contribution in [1.82, 2.24) is 0 Å². The van der Waals surface area contributed by atoms with Crippen molar-refractivity contribution in [2.45, 2.75) is 10.1 Å². The summed E-state index contributed by atoms with van der Waals surface area (Å²) in [6, 6.07) is 23.8. The van der Waals surface area contributed by atoms with E-state index in [1.54, 1.807) is 0 Å². The van der Waals surface area contributed by atoms with E-state index in [1.165, 1.54) is 36.0 Å². The largest absolute Gasteiger partial charge is 0.456 e. The SMILES string of the molecule is O=C(COC(=O)[C@H](Sc1ccccc1)c1ccccc1)c1ccc([N+](=O)[O-])cc1. The number of Topliss-reactive ketones (excluding diaryl/α,β-unsaturated/α-hetero) is 1. The third-order valence-corrected chi connectivity index (χ3v) is 5.30. The van der Waals surface area contributed by atoms with Crippen molar-refractivity contribution in [3.8, 4) is 0 Å². The van der Waals surface area contributed by atoms with Crippen LogP contribution in [0.5, 0.6) is 0 Å². The normalized spacial score (nSPS) is 11.4. The van der Waals surface area contributed by atoms with Crippen LogP contribution in [0.15, 0.2) is 89.8 Å². The van der Waals surface area contributed by atoms with Crippen molar-refractivity contribution in [1.29, 1.82) is 0 Å². The van der Waals surface area contributed by atoms with Crippen LogP contribution in [-0.2, 0) is 9.53 Å². The van der Waals surface area contributed by atoms with Gasteiger partial charge < -0.3 is 4.74 Å². The molecule has 0 bridgehead atoms. The smallest absolute Gasteiger partial charge is 0.324 e. The fourth-order valence-electron chi connectivity index (χ4n) is 2.58. The number of non-ortho nitro benzene ring substituents is 1. The molecule has 0 N–H and O–H groups in total. The van der Waals surface area contributed by atoms with Crippen LogP contribution in [0.2, 0.25) is 0 Å². The maximum atomic E-state index is 12.7. The zero-order valence-electron chi connectivity index (χ0n) is 15.3. The maximum absolute atomic E-state index is 12.7. The van der Waals surface area contributed by atoms with Crippen LogP contribution in [0.1, 0.15) is 21.2 Å². The molecule has 3 aromatic rings. The number of nitro groups is 1. The summed E-state index contributed by atoms with van der Waals surface area (Å²) in [5.41, 5.74) is 0.909. The Morgan fingerprint density at radius 2 is 1.48 bits per heavy atom. The summed E-state index contributed by atoms with van der Waals surface area (Å²) in [6.07, 6.45) is 0. The Labute approximate surface area is 171 Å². The lowest BCUT2D eigenvalue weighted by Gasteiger charge is -2.16. The number of carbonyl (C=O) groups is 2. The van der Waals surface area contributed by atoms with E-state index in [0.29, 0.717) is 0 Å². The van der Waals surface area contributed by atoms with E-state index in [2.05, 4.69) is 0 Å². The Hall–Kier alpha value is -3.45. The van der Waals surface area contributed by atoms with Crippen molar-refractivity contribution < 1.29 is 19.2 Å². The summed E-state index contributed by atoms with van der Waals surface area (Å²) in [4.78, 5) is 36.1. The molecule has 3 rings (SSSR count). The summed E-state index contributed by atoms with van der Waals surface area (Å²) in [6.45, 7) is -0.435. The lowest BCUT2D eigenvalue weighted by Crippen LogP contribution is -2.18. The lowest BCUT2D eigenvalue weighted by atomic mass is 10.1. The van der Waals surface area contributed by atoms with Crippen molar-refractivity contribution >= 4 is 29.2 Å². The number of ether oxygens (including phenoxy) is 1. The number of rotatable bonds is 8. The standard InChI is InChI=1S/C22H17NO5S/c24-20(16-11-13-18(14-12-16)23(26)27)15-28-22(25)21(17-7-3-1-4-8-17)29-19-9-5-2-6-10-19/h1-14,21H,15H2/t21-/m1/s1. The molecule has 0 aromatic heterocycles. The molecule has 0 saturated carbocycles. The van der Waals surface area contributed by atoms with E-state index in [0.717, 1.165) is 10.5 Å². The van der Waals surface area contributed by atoms with E-state index < -0.39 is 28.5 Å². The highest BCUT2D eigenvalue weighted by Gasteiger charge is 2.24. The molecule has 0 amide bonds. The van der Waals surface area contributed by atoms with Gasteiger partial charge in [-0.05, 0) is 29.8 Å². The van der Waals surface area contributed by atoms with Gasteiger partial charge in [-0.1, -0.05) is 48.5 Å². The maximum Gasteiger partial charge on any atom is 0.324 e. The number of hydrogen-bond acceptors (Lipinski definition) is 6. The van der Waals surface area contributed by atoms with E-state index in [-0.39, 0.29) is 11.3 Å². The van der Waals surface area contributed by atoms with Gasteiger partial charge in [0.25, 0.3) is 5.69 Å². The van der Waals surface area contributed by atoms with E-state index >= 15 is 0 Å². The van der Waals surface area contributed by atoms with Crippen LogP contribution in [0.25, 0.3) is 0 Å². The van der Waals surface area contributed by atoms with Gasteiger partial charge in [0, 0.05) is 22.6 Å². The summed E-state index contributed by atoms with van der Waals surface area (Å²) >= 11 is 1.34. The van der Waals surface area contributed by atoms with Crippen molar-refractivity contribution in [3.05, 3.63) is 106 Å². The predicted octanol–water partition coefficient (Wildman–Crippen LogP) is 4.85. The molecule has 0 heterocycles. The van der Waals surface area contributed by atoms with Crippen LogP contribution in [0, 0.1) is 10.1 Å². The Morgan fingerprint density at radius 3 is 2.07 bits per heavy atom. The van der Waals surface area contributed by atoms with Gasteiger partial charge in [-0.15, -0.1) is 11.8 Å². The Balaban J connectivity index is 1.69. The number of thioether (sulfide) groups is 1. The molecule has 0 radical (unpaired) electrons. The number of nitro benzene ring substituents is 1. The molecule has 0 aliphatic rings. The average Bonchev–Trinajstić information content (AvgIpc) is 2.77. The van der Waals surface area contributed by atoms with Gasteiger partial charge in [0.05, 0.1) is 4.92 Å². The molecular formula is C22H17NO5S. The van der Waals surface area contributed by atoms with Crippen LogP contribution in [-0.4, -0.2) is 23.3 Å². The Morgan fingerprint density at radius 1 is 0.897 bits per heavy atom. The number of carbonyl (C=O) groups excluding carboxylic acids is 2. The first-order chi connectivity index (χ1) is 14.0. The van der Waals surface area contributed by atoms with E-state index in [9.17, 15) is 19.7 Å². The first-order valence-electron chi connectivity index (χ1n) is 8.75. The second-order valence-electron chi connectivity index (χ2n) is 6.06. The molecule has 6 nitrogen and oxygen atoms in total. The molecule has 0 saturated heterocycles. The second kappa shape index (κ2) is 9.66. The summed E-state index contributed by atoms with van der Waals surface area (Å²) in [5.74, 6) is -0.954. The molecule has 0 spiro atoms. The highest BCUT2D eigenvalue weighted by molar-refractivity contribution is 8.00. The second-order valence-corrected chi connectivity index (χ2v) is 7.24. The van der Waals surface area contributed by atoms with Crippen molar-refractivity contribution in [3.63, 3.8) is 0 Å². The number of nitrogens with zero attached hydrogens (tertiary/aromatic N) is 1. The molecule has 146 valence electrons. The van der Waals surface area contributed by atoms with Gasteiger partial charge in [-0.2, -0.15) is 0 Å². The fourth-order valence-corrected chi connectivity index (χ4v) is 3.62. The average molecular weight is 407 g/mol. The zero-order valence-corrected chi connectivity index (χ0v) is 16.1. The van der Waals surface area contributed by atoms with Crippen LogP contribution in [0.3, 0.4) is 0 Å².